The summed E-state index contributed by atoms with van der Waals surface area (Å²) in [6.07, 6.45) is 4.55. The second kappa shape index (κ2) is 8.62. The maximum absolute atomic E-state index is 14.6. The molecule has 7 heteroatoms. The summed E-state index contributed by atoms with van der Waals surface area (Å²) < 4.78 is 16.2. The van der Waals surface area contributed by atoms with Crippen LogP contribution >= 0.6 is 12.4 Å². The molecule has 5 nitrogen and oxygen atoms in total. The highest BCUT2D eigenvalue weighted by atomic mass is 35.5. The van der Waals surface area contributed by atoms with Crippen LogP contribution in [0.3, 0.4) is 0 Å². The van der Waals surface area contributed by atoms with Gasteiger partial charge in [-0.3, -0.25) is 4.79 Å². The number of carbonyl (C=O) groups is 1. The molecule has 1 unspecified atom stereocenters. The fraction of sp³-hybridized carbons (Fsp3) is 0.524. The number of nitrogens with zero attached hydrogens (tertiary/aromatic N) is 3. The van der Waals surface area contributed by atoms with Gasteiger partial charge in [-0.25, -0.2) is 9.07 Å². The topological polar surface area (TPSA) is 50.2 Å². The molecule has 0 spiro atoms. The van der Waals surface area contributed by atoms with Crippen molar-refractivity contribution in [2.75, 3.05) is 19.6 Å². The minimum absolute atomic E-state index is 0. The molecule has 0 radical (unpaired) electrons. The van der Waals surface area contributed by atoms with Crippen LogP contribution in [0, 0.1) is 12.7 Å². The van der Waals surface area contributed by atoms with Gasteiger partial charge in [0.15, 0.2) is 5.69 Å². The number of aromatic nitrogens is 2. The van der Waals surface area contributed by atoms with Crippen LogP contribution in [-0.4, -0.2) is 46.3 Å². The number of hydrogen-bond acceptors (Lipinski definition) is 3. The number of fused-ring (bicyclic) bond motifs is 1. The maximum Gasteiger partial charge on any atom is 0.274 e. The van der Waals surface area contributed by atoms with Gasteiger partial charge in [0.1, 0.15) is 11.5 Å². The van der Waals surface area contributed by atoms with Crippen LogP contribution in [-0.2, 0) is 12.8 Å². The first-order valence-electron chi connectivity index (χ1n) is 9.99. The zero-order valence-electron chi connectivity index (χ0n) is 16.5. The lowest BCUT2D eigenvalue weighted by Crippen LogP contribution is -2.42. The molecule has 2 aliphatic rings. The van der Waals surface area contributed by atoms with Crippen LogP contribution in [0.25, 0.3) is 5.69 Å². The molecule has 28 heavy (non-hydrogen) atoms. The molecule has 1 aromatic heterocycles. The summed E-state index contributed by atoms with van der Waals surface area (Å²) in [5.41, 5.74) is 3.82. The van der Waals surface area contributed by atoms with E-state index in [1.54, 1.807) is 10.7 Å². The third kappa shape index (κ3) is 3.67. The van der Waals surface area contributed by atoms with E-state index in [9.17, 15) is 9.18 Å². The van der Waals surface area contributed by atoms with E-state index >= 15 is 0 Å². The highest BCUT2D eigenvalue weighted by molar-refractivity contribution is 5.94. The highest BCUT2D eigenvalue weighted by Gasteiger charge is 2.33. The molecule has 1 aliphatic carbocycles. The molecule has 0 bridgehead atoms. The molecule has 2 heterocycles. The third-order valence-corrected chi connectivity index (χ3v) is 5.66. The van der Waals surface area contributed by atoms with Crippen LogP contribution in [0.5, 0.6) is 0 Å². The largest absolute Gasteiger partial charge is 0.333 e. The van der Waals surface area contributed by atoms with Crippen molar-refractivity contribution in [3.63, 3.8) is 0 Å². The van der Waals surface area contributed by atoms with Gasteiger partial charge < -0.3 is 10.2 Å². The molecule has 1 N–H and O–H groups in total. The lowest BCUT2D eigenvalue weighted by atomic mass is 10.1. The molecule has 1 atom stereocenters. The fourth-order valence-electron chi connectivity index (χ4n) is 4.32. The minimum atomic E-state index is -0.295. The van der Waals surface area contributed by atoms with E-state index in [2.05, 4.69) is 17.3 Å². The number of amides is 1. The van der Waals surface area contributed by atoms with E-state index in [0.29, 0.717) is 11.4 Å². The summed E-state index contributed by atoms with van der Waals surface area (Å²) in [7, 11) is 0. The second-order valence-electron chi connectivity index (χ2n) is 7.64. The average molecular weight is 407 g/mol. The highest BCUT2D eigenvalue weighted by Crippen LogP contribution is 2.30. The van der Waals surface area contributed by atoms with E-state index < -0.39 is 0 Å². The second-order valence-corrected chi connectivity index (χ2v) is 7.64. The monoisotopic (exact) mass is 406 g/mol. The first-order valence-corrected chi connectivity index (χ1v) is 9.99. The van der Waals surface area contributed by atoms with Gasteiger partial charge in [-0.05, 0) is 63.3 Å². The molecule has 152 valence electrons. The molecule has 2 aromatic rings. The lowest BCUT2D eigenvalue weighted by Gasteiger charge is -2.27. The van der Waals surface area contributed by atoms with Gasteiger partial charge >= 0.3 is 0 Å². The number of carbonyl (C=O) groups excluding carboxylic acids is 1. The van der Waals surface area contributed by atoms with E-state index in [1.807, 2.05) is 17.9 Å². The zero-order chi connectivity index (χ0) is 19.0. The van der Waals surface area contributed by atoms with Crippen molar-refractivity contribution in [3.05, 3.63) is 46.5 Å². The molecule has 1 aliphatic heterocycles. The Morgan fingerprint density at radius 3 is 2.89 bits per heavy atom. The Bertz CT molecular complexity index is 860. The van der Waals surface area contributed by atoms with Gasteiger partial charge in [0.2, 0.25) is 0 Å². The Labute approximate surface area is 171 Å². The molecular weight excluding hydrogens is 379 g/mol. The van der Waals surface area contributed by atoms with Crippen LogP contribution in [0.15, 0.2) is 18.2 Å². The van der Waals surface area contributed by atoms with E-state index in [0.717, 1.165) is 68.6 Å². The van der Waals surface area contributed by atoms with Gasteiger partial charge in [0.05, 0.1) is 0 Å². The van der Waals surface area contributed by atoms with Gasteiger partial charge in [0.25, 0.3) is 5.91 Å². The van der Waals surface area contributed by atoms with Gasteiger partial charge in [0, 0.05) is 30.4 Å². The SMILES string of the molecule is CCCN(C(=O)c1nn(-c2ccc(C)cc2F)c2c1CCC2)C1CCNC1.Cl. The molecule has 0 saturated carbocycles. The number of halogens is 2. The van der Waals surface area contributed by atoms with E-state index in [4.69, 9.17) is 0 Å². The van der Waals surface area contributed by atoms with Crippen molar-refractivity contribution in [1.82, 2.24) is 20.0 Å². The number of aryl methyl sites for hydroxylation is 1. The van der Waals surface area contributed by atoms with Crippen molar-refractivity contribution in [3.8, 4) is 5.69 Å². The van der Waals surface area contributed by atoms with Gasteiger partial charge in [-0.15, -0.1) is 12.4 Å². The molecule has 1 amide bonds. The third-order valence-electron chi connectivity index (χ3n) is 5.66. The average Bonchev–Trinajstić information content (AvgIpc) is 3.37. The van der Waals surface area contributed by atoms with Crippen molar-refractivity contribution >= 4 is 18.3 Å². The first-order chi connectivity index (χ1) is 13.1. The first kappa shape index (κ1) is 20.8. The summed E-state index contributed by atoms with van der Waals surface area (Å²) >= 11 is 0. The summed E-state index contributed by atoms with van der Waals surface area (Å²) in [4.78, 5) is 15.4. The summed E-state index contributed by atoms with van der Waals surface area (Å²) in [6, 6.07) is 5.38. The summed E-state index contributed by atoms with van der Waals surface area (Å²) in [6.45, 7) is 6.47. The fourth-order valence-corrected chi connectivity index (χ4v) is 4.32. The van der Waals surface area contributed by atoms with Crippen LogP contribution in [0.2, 0.25) is 0 Å². The maximum atomic E-state index is 14.6. The quantitative estimate of drug-likeness (QED) is 0.827. The predicted molar refractivity (Wildman–Crippen MR) is 110 cm³/mol. The molecule has 1 fully saturated rings. The van der Waals surface area contributed by atoms with Gasteiger partial charge in [-0.2, -0.15) is 5.10 Å². The molecular formula is C21H28ClFN4O. The van der Waals surface area contributed by atoms with Crippen molar-refractivity contribution in [2.45, 2.75) is 52.0 Å². The summed E-state index contributed by atoms with van der Waals surface area (Å²) in [5, 5.41) is 7.98. The Balaban J connectivity index is 0.00000225. The predicted octanol–water partition coefficient (Wildman–Crippen LogP) is 3.44. The molecule has 4 rings (SSSR count). The smallest absolute Gasteiger partial charge is 0.274 e. The van der Waals surface area contributed by atoms with Crippen LogP contribution in [0.1, 0.15) is 53.5 Å². The van der Waals surface area contributed by atoms with Gasteiger partial charge in [-0.1, -0.05) is 13.0 Å². The Hall–Kier alpha value is -1.92. The number of nitrogens with one attached hydrogen (secondary N) is 1. The normalized spacial score (nSPS) is 18.0. The van der Waals surface area contributed by atoms with Crippen LogP contribution in [0.4, 0.5) is 4.39 Å². The van der Waals surface area contributed by atoms with E-state index in [-0.39, 0.29) is 30.2 Å². The Kier molecular flexibility index (Phi) is 6.40. The molecule has 1 saturated heterocycles. The number of rotatable bonds is 5. The van der Waals surface area contributed by atoms with Crippen molar-refractivity contribution in [1.29, 1.82) is 0 Å². The van der Waals surface area contributed by atoms with Crippen molar-refractivity contribution in [2.24, 2.45) is 0 Å². The Morgan fingerprint density at radius 1 is 1.39 bits per heavy atom. The standard InChI is InChI=1S/C21H27FN4O.ClH/c1-3-11-25(15-9-10-23-13-15)21(27)20-16-5-4-6-18(16)26(24-20)19-8-7-14(2)12-17(19)22;/h7-8,12,15,23H,3-6,9-11,13H2,1-2H3;1H. The molecule has 1 aromatic carbocycles. The number of benzene rings is 1. The lowest BCUT2D eigenvalue weighted by molar-refractivity contribution is 0.0684. The number of hydrogen-bond donors (Lipinski definition) is 1. The van der Waals surface area contributed by atoms with Crippen molar-refractivity contribution < 1.29 is 9.18 Å². The summed E-state index contributed by atoms with van der Waals surface area (Å²) in [5.74, 6) is -0.299. The van der Waals surface area contributed by atoms with E-state index in [1.165, 1.54) is 6.07 Å². The minimum Gasteiger partial charge on any atom is -0.333 e. The Morgan fingerprint density at radius 2 is 2.21 bits per heavy atom. The zero-order valence-corrected chi connectivity index (χ0v) is 17.3. The van der Waals surface area contributed by atoms with Crippen LogP contribution < -0.4 is 5.32 Å².